The largest absolute Gasteiger partial charge is 0.497 e. The Morgan fingerprint density at radius 3 is 2.69 bits per heavy atom. The molecule has 1 aromatic heterocycles. The number of benzene rings is 2. The Balaban J connectivity index is 1.37. The molecule has 1 aliphatic heterocycles. The number of hydrogen-bond donors (Lipinski definition) is 2. The number of nitrogens with zero attached hydrogens (tertiary/aromatic N) is 3. The second-order valence-corrected chi connectivity index (χ2v) is 8.80. The van der Waals surface area contributed by atoms with Crippen molar-refractivity contribution in [3.63, 3.8) is 0 Å². The first-order chi connectivity index (χ1) is 15.5. The fourth-order valence-electron chi connectivity index (χ4n) is 3.48. The smallest absolute Gasteiger partial charge is 0.321 e. The monoisotopic (exact) mass is 471 g/mol. The van der Waals surface area contributed by atoms with Gasteiger partial charge in [-0.25, -0.2) is 4.79 Å². The van der Waals surface area contributed by atoms with Gasteiger partial charge in [0.15, 0.2) is 0 Å². The molecule has 10 heteroatoms. The summed E-state index contributed by atoms with van der Waals surface area (Å²) in [5.41, 5.74) is 1.30. The molecule has 1 aliphatic rings. The summed E-state index contributed by atoms with van der Waals surface area (Å²) in [4.78, 5) is 27.0. The molecule has 32 heavy (non-hydrogen) atoms. The lowest BCUT2D eigenvalue weighted by Crippen LogP contribution is -2.41. The standard InChI is InChI=1S/C22H22ClN5O3S/c1-31-18-9-7-16(8-10-18)25-22(30)28-11-3-4-14(13-28)20-26-27-21(32-20)19(29)24-17-6-2-5-15(23)12-17/h2,5-10,12,14H,3-4,11,13H2,1H3,(H,24,29)(H,25,30)/t14-/m0/s1. The Bertz CT molecular complexity index is 1100. The molecule has 0 saturated carbocycles. The van der Waals surface area contributed by atoms with Crippen molar-refractivity contribution in [3.05, 3.63) is 63.6 Å². The number of nitrogens with one attached hydrogen (secondary N) is 2. The van der Waals surface area contributed by atoms with Crippen LogP contribution in [-0.4, -0.2) is 47.2 Å². The molecular weight excluding hydrogens is 450 g/mol. The number of methoxy groups -OCH3 is 1. The second kappa shape index (κ2) is 9.97. The lowest BCUT2D eigenvalue weighted by molar-refractivity contribution is 0.102. The number of aromatic nitrogens is 2. The molecule has 0 radical (unpaired) electrons. The lowest BCUT2D eigenvalue weighted by Gasteiger charge is -2.31. The van der Waals surface area contributed by atoms with Crippen LogP contribution in [0.1, 0.15) is 33.6 Å². The van der Waals surface area contributed by atoms with E-state index in [-0.39, 0.29) is 22.9 Å². The van der Waals surface area contributed by atoms with Crippen molar-refractivity contribution >= 4 is 46.3 Å². The summed E-state index contributed by atoms with van der Waals surface area (Å²) in [5, 5.41) is 15.5. The van der Waals surface area contributed by atoms with Crippen LogP contribution in [0, 0.1) is 0 Å². The van der Waals surface area contributed by atoms with Crippen LogP contribution in [0.25, 0.3) is 0 Å². The maximum absolute atomic E-state index is 12.7. The maximum Gasteiger partial charge on any atom is 0.321 e. The minimum atomic E-state index is -0.332. The van der Waals surface area contributed by atoms with Gasteiger partial charge < -0.3 is 20.3 Å². The number of urea groups is 1. The number of piperidine rings is 1. The molecule has 0 aliphatic carbocycles. The number of amides is 3. The minimum Gasteiger partial charge on any atom is -0.497 e. The summed E-state index contributed by atoms with van der Waals surface area (Å²) in [5.74, 6) is 0.434. The molecule has 0 unspecified atom stereocenters. The van der Waals surface area contributed by atoms with Crippen LogP contribution in [-0.2, 0) is 0 Å². The van der Waals surface area contributed by atoms with Gasteiger partial charge in [0.1, 0.15) is 10.8 Å². The predicted molar refractivity (Wildman–Crippen MR) is 125 cm³/mol. The second-order valence-electron chi connectivity index (χ2n) is 7.35. The van der Waals surface area contributed by atoms with Gasteiger partial charge in [-0.3, -0.25) is 4.79 Å². The molecule has 4 rings (SSSR count). The van der Waals surface area contributed by atoms with Crippen LogP contribution in [0.4, 0.5) is 16.2 Å². The fraction of sp³-hybridized carbons (Fsp3) is 0.273. The van der Waals surface area contributed by atoms with Crippen LogP contribution in [0.15, 0.2) is 48.5 Å². The van der Waals surface area contributed by atoms with Crippen LogP contribution in [0.3, 0.4) is 0 Å². The van der Waals surface area contributed by atoms with Crippen molar-refractivity contribution in [1.82, 2.24) is 15.1 Å². The van der Waals surface area contributed by atoms with E-state index in [2.05, 4.69) is 20.8 Å². The summed E-state index contributed by atoms with van der Waals surface area (Å²) >= 11 is 7.22. The fourth-order valence-corrected chi connectivity index (χ4v) is 4.54. The molecule has 1 atom stereocenters. The molecular formula is C22H22ClN5O3S. The Kier molecular flexibility index (Phi) is 6.87. The molecule has 2 N–H and O–H groups in total. The van der Waals surface area contributed by atoms with Crippen molar-refractivity contribution in [2.75, 3.05) is 30.8 Å². The van der Waals surface area contributed by atoms with Crippen molar-refractivity contribution < 1.29 is 14.3 Å². The lowest BCUT2D eigenvalue weighted by atomic mass is 9.99. The number of anilines is 2. The number of rotatable bonds is 5. The van der Waals surface area contributed by atoms with E-state index in [0.29, 0.717) is 29.5 Å². The molecule has 2 aromatic carbocycles. The third kappa shape index (κ3) is 5.35. The Morgan fingerprint density at radius 1 is 1.12 bits per heavy atom. The first-order valence-electron chi connectivity index (χ1n) is 10.1. The van der Waals surface area contributed by atoms with E-state index in [4.69, 9.17) is 16.3 Å². The quantitative estimate of drug-likeness (QED) is 0.553. The van der Waals surface area contributed by atoms with Gasteiger partial charge in [0, 0.05) is 35.4 Å². The van der Waals surface area contributed by atoms with Crippen molar-refractivity contribution in [2.45, 2.75) is 18.8 Å². The Morgan fingerprint density at radius 2 is 1.94 bits per heavy atom. The molecule has 1 fully saturated rings. The van der Waals surface area contributed by atoms with Gasteiger partial charge in [0.2, 0.25) is 5.01 Å². The molecule has 3 amide bonds. The van der Waals surface area contributed by atoms with E-state index in [9.17, 15) is 9.59 Å². The molecule has 3 aromatic rings. The van der Waals surface area contributed by atoms with Crippen molar-refractivity contribution in [3.8, 4) is 5.75 Å². The van der Waals surface area contributed by atoms with Gasteiger partial charge in [-0.05, 0) is 55.3 Å². The third-order valence-electron chi connectivity index (χ3n) is 5.12. The van der Waals surface area contributed by atoms with E-state index in [1.165, 1.54) is 11.3 Å². The molecule has 1 saturated heterocycles. The summed E-state index contributed by atoms with van der Waals surface area (Å²) < 4.78 is 5.14. The van der Waals surface area contributed by atoms with Gasteiger partial charge in [-0.1, -0.05) is 29.0 Å². The predicted octanol–water partition coefficient (Wildman–Crippen LogP) is 4.86. The molecule has 8 nitrogen and oxygen atoms in total. The first-order valence-corrected chi connectivity index (χ1v) is 11.3. The average Bonchev–Trinajstić information content (AvgIpc) is 3.30. The number of carbonyl (C=O) groups excluding carboxylic acids is 2. The number of ether oxygens (including phenoxy) is 1. The van der Waals surface area contributed by atoms with Gasteiger partial charge in [-0.2, -0.15) is 0 Å². The van der Waals surface area contributed by atoms with Crippen LogP contribution >= 0.6 is 22.9 Å². The maximum atomic E-state index is 12.7. The minimum absolute atomic E-state index is 0.0376. The highest BCUT2D eigenvalue weighted by atomic mass is 35.5. The number of halogens is 1. The number of likely N-dealkylation sites (tertiary alicyclic amines) is 1. The van der Waals surface area contributed by atoms with Crippen molar-refractivity contribution in [2.24, 2.45) is 0 Å². The van der Waals surface area contributed by atoms with Gasteiger partial charge in [0.25, 0.3) is 5.91 Å². The zero-order chi connectivity index (χ0) is 22.5. The Hall–Kier alpha value is -3.17. The number of carbonyl (C=O) groups is 2. The molecule has 2 heterocycles. The van der Waals surface area contributed by atoms with E-state index in [1.807, 2.05) is 0 Å². The summed E-state index contributed by atoms with van der Waals surface area (Å²) in [6, 6.07) is 14.0. The van der Waals surface area contributed by atoms with Crippen LogP contribution < -0.4 is 15.4 Å². The summed E-state index contributed by atoms with van der Waals surface area (Å²) in [6.07, 6.45) is 1.74. The normalized spacial score (nSPS) is 15.8. The van der Waals surface area contributed by atoms with Gasteiger partial charge in [-0.15, -0.1) is 10.2 Å². The third-order valence-corrected chi connectivity index (χ3v) is 6.44. The van der Waals surface area contributed by atoms with Crippen LogP contribution in [0.2, 0.25) is 5.02 Å². The molecule has 0 bridgehead atoms. The van der Waals surface area contributed by atoms with Crippen molar-refractivity contribution in [1.29, 1.82) is 0 Å². The first kappa shape index (κ1) is 22.0. The highest BCUT2D eigenvalue weighted by molar-refractivity contribution is 7.13. The van der Waals surface area contributed by atoms with Gasteiger partial charge in [0.05, 0.1) is 7.11 Å². The van der Waals surface area contributed by atoms with Crippen LogP contribution in [0.5, 0.6) is 5.75 Å². The van der Waals surface area contributed by atoms with E-state index < -0.39 is 0 Å². The summed E-state index contributed by atoms with van der Waals surface area (Å²) in [7, 11) is 1.60. The zero-order valence-electron chi connectivity index (χ0n) is 17.4. The highest BCUT2D eigenvalue weighted by Crippen LogP contribution is 2.30. The molecule has 0 spiro atoms. The SMILES string of the molecule is COc1ccc(NC(=O)N2CCC[C@H](c3nnc(C(=O)Nc4cccc(Cl)c4)s3)C2)cc1. The van der Waals surface area contributed by atoms with Gasteiger partial charge >= 0.3 is 6.03 Å². The molecule has 166 valence electrons. The van der Waals surface area contributed by atoms with E-state index in [1.54, 1.807) is 60.5 Å². The zero-order valence-corrected chi connectivity index (χ0v) is 18.9. The highest BCUT2D eigenvalue weighted by Gasteiger charge is 2.28. The number of hydrogen-bond acceptors (Lipinski definition) is 6. The average molecular weight is 472 g/mol. The van der Waals surface area contributed by atoms with E-state index >= 15 is 0 Å². The Labute approximate surface area is 194 Å². The summed E-state index contributed by atoms with van der Waals surface area (Å²) in [6.45, 7) is 1.19. The topological polar surface area (TPSA) is 96.4 Å². The van der Waals surface area contributed by atoms with E-state index in [0.717, 1.165) is 23.6 Å².